The zero-order chi connectivity index (χ0) is 12.4. The topological polar surface area (TPSA) is 30.0 Å². The zero-order valence-corrected chi connectivity index (χ0v) is 11.1. The van der Waals surface area contributed by atoms with Gasteiger partial charge in [0.15, 0.2) is 5.78 Å². The third-order valence-electron chi connectivity index (χ3n) is 2.60. The van der Waals surface area contributed by atoms with Gasteiger partial charge in [-0.05, 0) is 26.3 Å². The standard InChI is InChI=1S/C14H15NOS/c1-9-5-4-6-12(7-9)8-13(16)14-10(2)15-11(3)17-14/h4-7H,8H2,1-3H3. The van der Waals surface area contributed by atoms with Crippen molar-refractivity contribution in [2.45, 2.75) is 27.2 Å². The Hall–Kier alpha value is -1.48. The van der Waals surface area contributed by atoms with Crippen LogP contribution in [0.1, 0.15) is 31.5 Å². The number of rotatable bonds is 3. The van der Waals surface area contributed by atoms with Crippen LogP contribution in [0, 0.1) is 20.8 Å². The van der Waals surface area contributed by atoms with Gasteiger partial charge in [-0.1, -0.05) is 29.8 Å². The Labute approximate surface area is 105 Å². The highest BCUT2D eigenvalue weighted by Crippen LogP contribution is 2.19. The van der Waals surface area contributed by atoms with Crippen molar-refractivity contribution in [3.05, 3.63) is 51.0 Å². The van der Waals surface area contributed by atoms with Crippen LogP contribution in [0.3, 0.4) is 0 Å². The molecule has 2 aromatic rings. The number of aromatic nitrogens is 1. The van der Waals surface area contributed by atoms with Crippen LogP contribution < -0.4 is 0 Å². The van der Waals surface area contributed by atoms with Crippen LogP contribution in [0.5, 0.6) is 0 Å². The van der Waals surface area contributed by atoms with Gasteiger partial charge in [-0.3, -0.25) is 4.79 Å². The van der Waals surface area contributed by atoms with Crippen LogP contribution in [-0.4, -0.2) is 10.8 Å². The Morgan fingerprint density at radius 2 is 2.06 bits per heavy atom. The van der Waals surface area contributed by atoms with E-state index in [4.69, 9.17) is 0 Å². The van der Waals surface area contributed by atoms with E-state index in [1.165, 1.54) is 16.9 Å². The van der Waals surface area contributed by atoms with E-state index in [9.17, 15) is 4.79 Å². The molecule has 88 valence electrons. The molecule has 0 aliphatic rings. The van der Waals surface area contributed by atoms with Gasteiger partial charge in [-0.2, -0.15) is 0 Å². The lowest BCUT2D eigenvalue weighted by atomic mass is 10.1. The fourth-order valence-corrected chi connectivity index (χ4v) is 2.74. The van der Waals surface area contributed by atoms with E-state index >= 15 is 0 Å². The highest BCUT2D eigenvalue weighted by atomic mass is 32.1. The van der Waals surface area contributed by atoms with E-state index in [1.54, 1.807) is 0 Å². The zero-order valence-electron chi connectivity index (χ0n) is 10.3. The quantitative estimate of drug-likeness (QED) is 0.775. The first-order valence-corrected chi connectivity index (χ1v) is 6.40. The van der Waals surface area contributed by atoms with E-state index in [0.717, 1.165) is 21.1 Å². The Morgan fingerprint density at radius 3 is 2.65 bits per heavy atom. The number of ketones is 1. The second-order valence-electron chi connectivity index (χ2n) is 4.24. The Kier molecular flexibility index (Phi) is 3.38. The number of nitrogens with zero attached hydrogens (tertiary/aromatic N) is 1. The molecule has 3 heteroatoms. The fourth-order valence-electron chi connectivity index (χ4n) is 1.88. The molecule has 0 aliphatic carbocycles. The molecule has 0 amide bonds. The van der Waals surface area contributed by atoms with Crippen molar-refractivity contribution >= 4 is 17.1 Å². The molecule has 0 unspecified atom stereocenters. The largest absolute Gasteiger partial charge is 0.293 e. The van der Waals surface area contributed by atoms with Crippen LogP contribution in [0.15, 0.2) is 24.3 Å². The number of benzene rings is 1. The average molecular weight is 245 g/mol. The predicted octanol–water partition coefficient (Wildman–Crippen LogP) is 3.49. The summed E-state index contributed by atoms with van der Waals surface area (Å²) >= 11 is 1.49. The van der Waals surface area contributed by atoms with Crippen molar-refractivity contribution < 1.29 is 4.79 Å². The molecule has 1 aromatic heterocycles. The summed E-state index contributed by atoms with van der Waals surface area (Å²) in [7, 11) is 0. The monoisotopic (exact) mass is 245 g/mol. The van der Waals surface area contributed by atoms with Gasteiger partial charge in [-0.25, -0.2) is 4.98 Å². The van der Waals surface area contributed by atoms with Crippen molar-refractivity contribution in [2.24, 2.45) is 0 Å². The second-order valence-corrected chi connectivity index (χ2v) is 5.44. The molecule has 0 fully saturated rings. The van der Waals surface area contributed by atoms with Crippen molar-refractivity contribution in [1.29, 1.82) is 0 Å². The normalized spacial score (nSPS) is 10.5. The molecule has 0 radical (unpaired) electrons. The Morgan fingerprint density at radius 1 is 1.29 bits per heavy atom. The smallest absolute Gasteiger partial charge is 0.179 e. The Balaban J connectivity index is 2.20. The summed E-state index contributed by atoms with van der Waals surface area (Å²) in [6, 6.07) is 8.08. The average Bonchev–Trinajstić information content (AvgIpc) is 2.58. The maximum Gasteiger partial charge on any atom is 0.179 e. The number of aryl methyl sites for hydroxylation is 3. The molecular weight excluding hydrogens is 230 g/mol. The molecule has 0 aliphatic heterocycles. The molecule has 0 atom stereocenters. The van der Waals surface area contributed by atoms with Crippen molar-refractivity contribution in [3.63, 3.8) is 0 Å². The maximum atomic E-state index is 12.1. The highest BCUT2D eigenvalue weighted by Gasteiger charge is 2.14. The molecular formula is C14H15NOS. The summed E-state index contributed by atoms with van der Waals surface area (Å²) in [5.41, 5.74) is 3.11. The number of carbonyl (C=O) groups is 1. The van der Waals surface area contributed by atoms with Gasteiger partial charge in [0, 0.05) is 6.42 Å². The van der Waals surface area contributed by atoms with Crippen LogP contribution >= 0.6 is 11.3 Å². The van der Waals surface area contributed by atoms with Crippen LogP contribution in [0.2, 0.25) is 0 Å². The third-order valence-corrected chi connectivity index (χ3v) is 3.72. The number of hydrogen-bond donors (Lipinski definition) is 0. The van der Waals surface area contributed by atoms with Gasteiger partial charge in [0.05, 0.1) is 15.6 Å². The summed E-state index contributed by atoms with van der Waals surface area (Å²) in [6.07, 6.45) is 0.462. The second kappa shape index (κ2) is 4.80. The molecule has 1 aromatic carbocycles. The molecule has 0 N–H and O–H groups in total. The molecule has 1 heterocycles. The summed E-state index contributed by atoms with van der Waals surface area (Å²) in [5.74, 6) is 0.165. The predicted molar refractivity (Wildman–Crippen MR) is 70.8 cm³/mol. The first-order chi connectivity index (χ1) is 8.06. The van der Waals surface area contributed by atoms with E-state index in [1.807, 2.05) is 39.0 Å². The molecule has 0 bridgehead atoms. The number of hydrogen-bond acceptors (Lipinski definition) is 3. The minimum atomic E-state index is 0.165. The molecule has 17 heavy (non-hydrogen) atoms. The summed E-state index contributed by atoms with van der Waals surface area (Å²) in [6.45, 7) is 5.87. The minimum absolute atomic E-state index is 0.165. The molecule has 2 rings (SSSR count). The third kappa shape index (κ3) is 2.80. The van der Waals surface area contributed by atoms with Gasteiger partial charge in [0.2, 0.25) is 0 Å². The summed E-state index contributed by atoms with van der Waals surface area (Å²) in [4.78, 5) is 17.2. The van der Waals surface area contributed by atoms with Crippen molar-refractivity contribution in [2.75, 3.05) is 0 Å². The lowest BCUT2D eigenvalue weighted by molar-refractivity contribution is 0.0996. The first-order valence-electron chi connectivity index (χ1n) is 5.59. The highest BCUT2D eigenvalue weighted by molar-refractivity contribution is 7.13. The van der Waals surface area contributed by atoms with Gasteiger partial charge < -0.3 is 0 Å². The van der Waals surface area contributed by atoms with E-state index in [2.05, 4.69) is 11.1 Å². The maximum absolute atomic E-state index is 12.1. The van der Waals surface area contributed by atoms with E-state index < -0.39 is 0 Å². The molecule has 0 spiro atoms. The minimum Gasteiger partial charge on any atom is -0.293 e. The SMILES string of the molecule is Cc1cccc(CC(=O)c2sc(C)nc2C)c1. The van der Waals surface area contributed by atoms with Crippen molar-refractivity contribution in [1.82, 2.24) is 4.98 Å². The molecule has 0 saturated heterocycles. The number of Topliss-reactive ketones (excluding diaryl/α,β-unsaturated/α-hetero) is 1. The molecule has 2 nitrogen and oxygen atoms in total. The van der Waals surface area contributed by atoms with Gasteiger partial charge >= 0.3 is 0 Å². The van der Waals surface area contributed by atoms with Gasteiger partial charge in [0.25, 0.3) is 0 Å². The molecule has 0 saturated carbocycles. The Bertz CT molecular complexity index is 557. The van der Waals surface area contributed by atoms with Crippen LogP contribution in [0.4, 0.5) is 0 Å². The van der Waals surface area contributed by atoms with Crippen LogP contribution in [0.25, 0.3) is 0 Å². The lowest BCUT2D eigenvalue weighted by Gasteiger charge is -2.01. The van der Waals surface area contributed by atoms with E-state index in [0.29, 0.717) is 6.42 Å². The summed E-state index contributed by atoms with van der Waals surface area (Å²) < 4.78 is 0. The first kappa shape index (κ1) is 12.0. The van der Waals surface area contributed by atoms with Crippen molar-refractivity contribution in [3.8, 4) is 0 Å². The number of thiazole rings is 1. The number of carbonyl (C=O) groups excluding carboxylic acids is 1. The van der Waals surface area contributed by atoms with Gasteiger partial charge in [0.1, 0.15) is 0 Å². The fraction of sp³-hybridized carbons (Fsp3) is 0.286. The van der Waals surface area contributed by atoms with Crippen LogP contribution in [-0.2, 0) is 6.42 Å². The summed E-state index contributed by atoms with van der Waals surface area (Å²) in [5, 5.41) is 0.954. The lowest BCUT2D eigenvalue weighted by Crippen LogP contribution is -2.03. The van der Waals surface area contributed by atoms with Gasteiger partial charge in [-0.15, -0.1) is 11.3 Å². The van der Waals surface area contributed by atoms with E-state index in [-0.39, 0.29) is 5.78 Å².